The molecule has 0 fully saturated rings. The van der Waals surface area contributed by atoms with Crippen LogP contribution in [0.5, 0.6) is 0 Å². The van der Waals surface area contributed by atoms with Crippen molar-refractivity contribution < 1.29 is 4.79 Å². The van der Waals surface area contributed by atoms with Crippen molar-refractivity contribution in [1.82, 2.24) is 4.90 Å². The molecule has 0 aliphatic heterocycles. The minimum absolute atomic E-state index is 0.359. The maximum absolute atomic E-state index is 11.0. The Hall–Kier alpha value is -0.770. The zero-order valence-corrected chi connectivity index (χ0v) is 8.07. The Bertz CT molecular complexity index is 166. The molecule has 0 N–H and O–H groups in total. The van der Waals surface area contributed by atoms with Gasteiger partial charge in [0.15, 0.2) is 0 Å². The molecule has 0 bridgehead atoms. The first-order valence-corrected chi connectivity index (χ1v) is 4.02. The number of carbonyl (C=O) groups is 1. The molecule has 1 amide bonds. The number of hydrogen-bond donors (Lipinski definition) is 0. The van der Waals surface area contributed by atoms with E-state index in [1.165, 1.54) is 0 Å². The number of nitroso groups, excluding NO2 is 1. The summed E-state index contributed by atoms with van der Waals surface area (Å²) in [6, 6.07) is -0.359. The average molecular weight is 172 g/mol. The number of rotatable bonds is 4. The minimum Gasteiger partial charge on any atom is -0.298 e. The largest absolute Gasteiger partial charge is 0.303 e. The van der Waals surface area contributed by atoms with E-state index < -0.39 is 5.91 Å². The summed E-state index contributed by atoms with van der Waals surface area (Å²) < 4.78 is 0. The number of likely N-dealkylation sites (N-methyl/N-ethyl adjacent to an activating group) is 1. The molecule has 0 unspecified atom stereocenters. The van der Waals surface area contributed by atoms with E-state index in [2.05, 4.69) is 5.18 Å². The highest BCUT2D eigenvalue weighted by Gasteiger charge is 2.22. The molecule has 0 aromatic carbocycles. The van der Waals surface area contributed by atoms with Gasteiger partial charge in [0.25, 0.3) is 0 Å². The average Bonchev–Trinajstić information content (AvgIpc) is 1.98. The van der Waals surface area contributed by atoms with Crippen LogP contribution in [0, 0.1) is 10.8 Å². The molecule has 0 rings (SSSR count). The molecule has 0 aliphatic carbocycles. The van der Waals surface area contributed by atoms with Gasteiger partial charge in [-0.1, -0.05) is 13.8 Å². The van der Waals surface area contributed by atoms with E-state index in [0.29, 0.717) is 12.3 Å². The third-order valence-corrected chi connectivity index (χ3v) is 1.69. The lowest BCUT2D eigenvalue weighted by Crippen LogP contribution is -2.35. The van der Waals surface area contributed by atoms with Crippen LogP contribution in [-0.4, -0.2) is 30.9 Å². The van der Waals surface area contributed by atoms with E-state index >= 15 is 0 Å². The molecule has 4 nitrogen and oxygen atoms in total. The van der Waals surface area contributed by atoms with Gasteiger partial charge in [-0.15, -0.1) is 4.91 Å². The lowest BCUT2D eigenvalue weighted by molar-refractivity contribution is -0.122. The van der Waals surface area contributed by atoms with Gasteiger partial charge in [0.2, 0.25) is 0 Å². The molecular formula is C8H16N2O2. The second kappa shape index (κ2) is 4.98. The van der Waals surface area contributed by atoms with Gasteiger partial charge in [-0.05, 0) is 26.4 Å². The third-order valence-electron chi connectivity index (χ3n) is 1.69. The Morgan fingerprint density at radius 1 is 1.42 bits per heavy atom. The van der Waals surface area contributed by atoms with Crippen molar-refractivity contribution in [2.45, 2.75) is 26.3 Å². The molecule has 0 aromatic heterocycles. The van der Waals surface area contributed by atoms with E-state index in [1.54, 1.807) is 19.0 Å². The van der Waals surface area contributed by atoms with E-state index in [9.17, 15) is 9.70 Å². The molecule has 1 atom stereocenters. The molecule has 0 spiro atoms. The first-order valence-electron chi connectivity index (χ1n) is 4.02. The number of nitrogens with zero attached hydrogens (tertiary/aromatic N) is 2. The lowest BCUT2D eigenvalue weighted by Gasteiger charge is -2.21. The standard InChI is InChI=1S/C8H16N2O2/c1-6(2)5-7(10(3)4)8(11)9-12/h6-7H,5H2,1-4H3/t7-/m0/s1. The molecule has 0 saturated heterocycles. The maximum Gasteiger partial charge on any atom is 0.303 e. The fraction of sp³-hybridized carbons (Fsp3) is 0.875. The van der Waals surface area contributed by atoms with Crippen LogP contribution in [0.15, 0.2) is 5.18 Å². The molecule has 0 aliphatic rings. The zero-order valence-electron chi connectivity index (χ0n) is 8.07. The first kappa shape index (κ1) is 11.2. The summed E-state index contributed by atoms with van der Waals surface area (Å²) >= 11 is 0. The van der Waals surface area contributed by atoms with Crippen LogP contribution in [-0.2, 0) is 4.79 Å². The highest BCUT2D eigenvalue weighted by Crippen LogP contribution is 2.10. The summed E-state index contributed by atoms with van der Waals surface area (Å²) in [7, 11) is 3.55. The fourth-order valence-electron chi connectivity index (χ4n) is 1.04. The number of amides is 1. The smallest absolute Gasteiger partial charge is 0.298 e. The highest BCUT2D eigenvalue weighted by atomic mass is 16.3. The third kappa shape index (κ3) is 3.57. The summed E-state index contributed by atoms with van der Waals surface area (Å²) in [4.78, 5) is 22.7. The minimum atomic E-state index is -0.575. The molecule has 0 saturated carbocycles. The van der Waals surface area contributed by atoms with E-state index in [0.717, 1.165) is 0 Å². The van der Waals surface area contributed by atoms with Crippen molar-refractivity contribution in [3.05, 3.63) is 4.91 Å². The Labute approximate surface area is 72.9 Å². The Morgan fingerprint density at radius 3 is 2.17 bits per heavy atom. The predicted molar refractivity (Wildman–Crippen MR) is 47.7 cm³/mol. The van der Waals surface area contributed by atoms with Crippen molar-refractivity contribution in [2.75, 3.05) is 14.1 Å². The van der Waals surface area contributed by atoms with Crippen LogP contribution in [0.25, 0.3) is 0 Å². The zero-order chi connectivity index (χ0) is 9.72. The molecule has 0 radical (unpaired) electrons. The van der Waals surface area contributed by atoms with Crippen LogP contribution < -0.4 is 0 Å². The Morgan fingerprint density at radius 2 is 1.92 bits per heavy atom. The van der Waals surface area contributed by atoms with Gasteiger partial charge < -0.3 is 0 Å². The van der Waals surface area contributed by atoms with Crippen LogP contribution >= 0.6 is 0 Å². The Balaban J connectivity index is 4.23. The van der Waals surface area contributed by atoms with Crippen molar-refractivity contribution in [2.24, 2.45) is 11.1 Å². The summed E-state index contributed by atoms with van der Waals surface area (Å²) in [6.45, 7) is 4.02. The van der Waals surface area contributed by atoms with Crippen molar-refractivity contribution >= 4 is 5.91 Å². The monoisotopic (exact) mass is 172 g/mol. The van der Waals surface area contributed by atoms with Crippen LogP contribution in [0.2, 0.25) is 0 Å². The molecule has 0 aromatic rings. The van der Waals surface area contributed by atoms with Crippen LogP contribution in [0.1, 0.15) is 20.3 Å². The van der Waals surface area contributed by atoms with Gasteiger partial charge in [0.05, 0.1) is 6.04 Å². The van der Waals surface area contributed by atoms with E-state index in [4.69, 9.17) is 0 Å². The fourth-order valence-corrected chi connectivity index (χ4v) is 1.04. The van der Waals surface area contributed by atoms with E-state index in [-0.39, 0.29) is 6.04 Å². The van der Waals surface area contributed by atoms with Gasteiger partial charge in [0, 0.05) is 5.18 Å². The van der Waals surface area contributed by atoms with Crippen molar-refractivity contribution in [3.8, 4) is 0 Å². The molecule has 0 heterocycles. The SMILES string of the molecule is CC(C)C[C@@H](C(=O)N=O)N(C)C. The highest BCUT2D eigenvalue weighted by molar-refractivity contribution is 5.82. The quantitative estimate of drug-likeness (QED) is 0.600. The molecule has 4 heteroatoms. The van der Waals surface area contributed by atoms with E-state index in [1.807, 2.05) is 13.8 Å². The Kier molecular flexibility index (Phi) is 4.66. The second-order valence-corrected chi connectivity index (χ2v) is 3.54. The summed E-state index contributed by atoms with van der Waals surface area (Å²) in [6.07, 6.45) is 0.678. The maximum atomic E-state index is 11.0. The van der Waals surface area contributed by atoms with Crippen LogP contribution in [0.3, 0.4) is 0 Å². The normalized spacial score (nSPS) is 13.5. The van der Waals surface area contributed by atoms with Gasteiger partial charge >= 0.3 is 5.91 Å². The topological polar surface area (TPSA) is 49.7 Å². The summed E-state index contributed by atoms with van der Waals surface area (Å²) in [5.74, 6) is -0.184. The molecule has 12 heavy (non-hydrogen) atoms. The first-order chi connectivity index (χ1) is 5.49. The molecular weight excluding hydrogens is 156 g/mol. The lowest BCUT2D eigenvalue weighted by atomic mass is 10.0. The summed E-state index contributed by atoms with van der Waals surface area (Å²) in [5.41, 5.74) is 0. The molecule has 70 valence electrons. The number of hydrogen-bond acceptors (Lipinski definition) is 3. The van der Waals surface area contributed by atoms with Gasteiger partial charge in [0.1, 0.15) is 0 Å². The second-order valence-electron chi connectivity index (χ2n) is 3.54. The van der Waals surface area contributed by atoms with Crippen molar-refractivity contribution in [1.29, 1.82) is 0 Å². The van der Waals surface area contributed by atoms with Gasteiger partial charge in [-0.3, -0.25) is 9.69 Å². The van der Waals surface area contributed by atoms with Crippen molar-refractivity contribution in [3.63, 3.8) is 0 Å². The number of carbonyl (C=O) groups excluding carboxylic acids is 1. The van der Waals surface area contributed by atoms with Gasteiger partial charge in [-0.2, -0.15) is 0 Å². The summed E-state index contributed by atoms with van der Waals surface area (Å²) in [5, 5.41) is 2.43. The van der Waals surface area contributed by atoms with Gasteiger partial charge in [-0.25, -0.2) is 0 Å². The predicted octanol–water partition coefficient (Wildman–Crippen LogP) is 1.26. The van der Waals surface area contributed by atoms with Crippen LogP contribution in [0.4, 0.5) is 0 Å².